The average Bonchev–Trinajstić information content (AvgIpc) is 3.25. The van der Waals surface area contributed by atoms with Crippen LogP contribution in [0.3, 0.4) is 0 Å². The molecule has 254 valence electrons. The van der Waals surface area contributed by atoms with Gasteiger partial charge >= 0.3 is 0 Å². The van der Waals surface area contributed by atoms with Crippen LogP contribution in [0, 0.1) is 0 Å². The van der Waals surface area contributed by atoms with Gasteiger partial charge in [0.05, 0.1) is 11.4 Å². The minimum Gasteiger partial charge on any atom is -0.255 e. The third-order valence-electron chi connectivity index (χ3n) is 9.75. The van der Waals surface area contributed by atoms with Crippen molar-refractivity contribution in [3.63, 3.8) is 0 Å². The fourth-order valence-corrected chi connectivity index (χ4v) is 7.12. The molecule has 0 spiro atoms. The molecule has 0 amide bonds. The second-order valence-corrected chi connectivity index (χ2v) is 13.1. The van der Waals surface area contributed by atoms with Gasteiger partial charge in [-0.3, -0.25) is 9.98 Å². The highest BCUT2D eigenvalue weighted by atomic mass is 15.1. The van der Waals surface area contributed by atoms with E-state index in [0.29, 0.717) is 0 Å². The molecule has 0 aliphatic heterocycles. The Hall–Kier alpha value is -7.30. The first-order chi connectivity index (χ1) is 26.8. The highest BCUT2D eigenvalue weighted by molar-refractivity contribution is 6.13. The smallest absolute Gasteiger partial charge is 0.102 e. The Kier molecular flexibility index (Phi) is 8.90. The molecular formula is C50H34N4. The summed E-state index contributed by atoms with van der Waals surface area (Å²) in [6.45, 7) is 0. The molecule has 0 saturated heterocycles. The van der Waals surface area contributed by atoms with Crippen molar-refractivity contribution >= 4 is 45.6 Å². The van der Waals surface area contributed by atoms with E-state index < -0.39 is 0 Å². The third kappa shape index (κ3) is 6.38. The number of rotatable bonds is 8. The number of hydrogen-bond acceptors (Lipinski definition) is 4. The minimum atomic E-state index is 0.794. The normalized spacial score (nSPS) is 11.6. The lowest BCUT2D eigenvalue weighted by Gasteiger charge is -2.13. The summed E-state index contributed by atoms with van der Waals surface area (Å²) in [5.41, 5.74) is 13.9. The molecule has 0 fully saturated rings. The molecule has 0 aliphatic carbocycles. The molecule has 9 rings (SSSR count). The predicted molar refractivity (Wildman–Crippen MR) is 226 cm³/mol. The lowest BCUT2D eigenvalue weighted by atomic mass is 9.96. The number of fused-ring (bicyclic) bond motifs is 3. The highest BCUT2D eigenvalue weighted by Gasteiger charge is 2.14. The molecule has 4 nitrogen and oxygen atoms in total. The van der Waals surface area contributed by atoms with Crippen molar-refractivity contribution in [2.24, 2.45) is 9.98 Å². The third-order valence-corrected chi connectivity index (χ3v) is 9.75. The van der Waals surface area contributed by atoms with E-state index >= 15 is 0 Å². The van der Waals surface area contributed by atoms with Crippen LogP contribution in [0.1, 0.15) is 11.1 Å². The van der Waals surface area contributed by atoms with E-state index in [2.05, 4.69) is 170 Å². The summed E-state index contributed by atoms with van der Waals surface area (Å²) in [5, 5.41) is 11.7. The first kappa shape index (κ1) is 32.6. The molecule has 1 heterocycles. The Balaban J connectivity index is 1.14. The van der Waals surface area contributed by atoms with Gasteiger partial charge in [-0.25, -0.2) is 0 Å². The number of hydrogen-bond donors (Lipinski definition) is 0. The van der Waals surface area contributed by atoms with Gasteiger partial charge in [-0.2, -0.15) is 0 Å². The van der Waals surface area contributed by atoms with Crippen molar-refractivity contribution < 1.29 is 0 Å². The van der Waals surface area contributed by atoms with E-state index in [-0.39, 0.29) is 0 Å². The number of benzene rings is 8. The number of aromatic nitrogens is 2. The fraction of sp³-hybridized carbons (Fsp3) is 0. The van der Waals surface area contributed by atoms with Gasteiger partial charge in [0.15, 0.2) is 0 Å². The summed E-state index contributed by atoms with van der Waals surface area (Å²) in [6.07, 6.45) is 3.85. The van der Waals surface area contributed by atoms with Gasteiger partial charge in [0, 0.05) is 56.6 Å². The van der Waals surface area contributed by atoms with Crippen LogP contribution in [0.5, 0.6) is 0 Å². The van der Waals surface area contributed by atoms with Crippen molar-refractivity contribution in [3.05, 3.63) is 205 Å². The van der Waals surface area contributed by atoms with Crippen LogP contribution in [-0.2, 0) is 0 Å². The minimum absolute atomic E-state index is 0.794. The van der Waals surface area contributed by atoms with Crippen LogP contribution in [0.25, 0.3) is 66.3 Å². The van der Waals surface area contributed by atoms with Crippen LogP contribution in [-0.4, -0.2) is 22.6 Å². The lowest BCUT2D eigenvalue weighted by Crippen LogP contribution is -1.96. The van der Waals surface area contributed by atoms with Gasteiger partial charge in [-0.1, -0.05) is 194 Å². The second kappa shape index (κ2) is 14.7. The monoisotopic (exact) mass is 690 g/mol. The first-order valence-electron chi connectivity index (χ1n) is 18.1. The van der Waals surface area contributed by atoms with E-state index in [1.807, 2.05) is 36.7 Å². The maximum Gasteiger partial charge on any atom is 0.102 e. The summed E-state index contributed by atoms with van der Waals surface area (Å²) < 4.78 is 0. The van der Waals surface area contributed by atoms with Crippen molar-refractivity contribution in [1.29, 1.82) is 0 Å². The molecular weight excluding hydrogens is 657 g/mol. The standard InChI is InChI=1S/C50H34N4/c1-5-17-35(18-6-1)41-27-15-28-42(36-19-7-2-8-20-36)49(41)51-33-39-25-13-31-45-46-32-14-26-40(48(46)54-53-47(39)45)34-52-50-43(37-21-9-3-10-22-37)29-16-30-44(50)38-23-11-4-12-24-38/h1-34H/b51-33+,52-34+. The van der Waals surface area contributed by atoms with Crippen LogP contribution in [0.2, 0.25) is 0 Å². The number of para-hydroxylation sites is 2. The molecule has 0 bridgehead atoms. The Bertz CT molecular complexity index is 2480. The maximum absolute atomic E-state index is 5.19. The van der Waals surface area contributed by atoms with Gasteiger partial charge in [0.1, 0.15) is 11.0 Å². The van der Waals surface area contributed by atoms with Crippen molar-refractivity contribution in [3.8, 4) is 44.5 Å². The zero-order chi connectivity index (χ0) is 36.1. The fourth-order valence-electron chi connectivity index (χ4n) is 7.12. The van der Waals surface area contributed by atoms with Gasteiger partial charge in [0.25, 0.3) is 0 Å². The largest absolute Gasteiger partial charge is 0.255 e. The molecule has 0 N–H and O–H groups in total. The maximum atomic E-state index is 5.19. The van der Waals surface area contributed by atoms with Crippen molar-refractivity contribution in [2.75, 3.05) is 0 Å². The topological polar surface area (TPSA) is 50.5 Å². The SMILES string of the molecule is C(=N\c1c(-c2ccccc2)cccc1-c1ccccc1)/c1cccc2c1nnc1c(/C=N/c3c(-c4ccccc4)cccc3-c3ccccc3)cccc12. The van der Waals surface area contributed by atoms with Crippen LogP contribution in [0.15, 0.2) is 204 Å². The molecule has 1 aromatic heterocycles. The summed E-state index contributed by atoms with van der Waals surface area (Å²) in [6, 6.07) is 66.8. The summed E-state index contributed by atoms with van der Waals surface area (Å²) >= 11 is 0. The van der Waals surface area contributed by atoms with Crippen LogP contribution >= 0.6 is 0 Å². The average molecular weight is 691 g/mol. The van der Waals surface area contributed by atoms with E-state index in [1.54, 1.807) is 0 Å². The molecule has 9 aromatic rings. The van der Waals surface area contributed by atoms with Crippen LogP contribution < -0.4 is 0 Å². The molecule has 0 radical (unpaired) electrons. The Morgan fingerprint density at radius 1 is 0.296 bits per heavy atom. The van der Waals surface area contributed by atoms with Gasteiger partial charge in [-0.05, 0) is 22.3 Å². The molecule has 0 aliphatic rings. The van der Waals surface area contributed by atoms with Crippen LogP contribution in [0.4, 0.5) is 11.4 Å². The van der Waals surface area contributed by atoms with E-state index in [0.717, 1.165) is 88.8 Å². The molecule has 54 heavy (non-hydrogen) atoms. The quantitative estimate of drug-likeness (QED) is 0.118. The van der Waals surface area contributed by atoms with E-state index in [4.69, 9.17) is 20.2 Å². The van der Waals surface area contributed by atoms with Crippen molar-refractivity contribution in [2.45, 2.75) is 0 Å². The summed E-state index contributed by atoms with van der Waals surface area (Å²) in [7, 11) is 0. The zero-order valence-corrected chi connectivity index (χ0v) is 29.4. The molecule has 0 saturated carbocycles. The second-order valence-electron chi connectivity index (χ2n) is 13.1. The molecule has 4 heteroatoms. The van der Waals surface area contributed by atoms with Gasteiger partial charge < -0.3 is 0 Å². The number of aliphatic imine (C=N–C) groups is 2. The predicted octanol–water partition coefficient (Wildman–Crippen LogP) is 13.0. The molecule has 0 atom stereocenters. The van der Waals surface area contributed by atoms with Gasteiger partial charge in [0.2, 0.25) is 0 Å². The van der Waals surface area contributed by atoms with E-state index in [1.165, 1.54) is 0 Å². The molecule has 8 aromatic carbocycles. The lowest BCUT2D eigenvalue weighted by molar-refractivity contribution is 1.12. The molecule has 0 unspecified atom stereocenters. The zero-order valence-electron chi connectivity index (χ0n) is 29.4. The summed E-state index contributed by atoms with van der Waals surface area (Å²) in [5.74, 6) is 0. The van der Waals surface area contributed by atoms with E-state index in [9.17, 15) is 0 Å². The number of nitrogens with zero attached hydrogens (tertiary/aromatic N) is 4. The Morgan fingerprint density at radius 2 is 0.593 bits per heavy atom. The Morgan fingerprint density at radius 3 is 0.907 bits per heavy atom. The summed E-state index contributed by atoms with van der Waals surface area (Å²) in [4.78, 5) is 10.4. The van der Waals surface area contributed by atoms with Gasteiger partial charge in [-0.15, -0.1) is 10.2 Å². The highest BCUT2D eigenvalue weighted by Crippen LogP contribution is 2.41. The van der Waals surface area contributed by atoms with Crippen molar-refractivity contribution in [1.82, 2.24) is 10.2 Å². The first-order valence-corrected chi connectivity index (χ1v) is 18.1. The Labute approximate surface area is 314 Å².